The molecule has 112 valence electrons. The Hall–Kier alpha value is -1.13. The minimum atomic E-state index is -0.214. The van der Waals surface area contributed by atoms with Gasteiger partial charge in [0.1, 0.15) is 11.6 Å². The summed E-state index contributed by atoms with van der Waals surface area (Å²) >= 11 is 0. The van der Waals surface area contributed by atoms with Gasteiger partial charge in [0.05, 0.1) is 7.11 Å². The largest absolute Gasteiger partial charge is 0.496 e. The number of rotatable bonds is 5. The number of piperidine rings is 1. The van der Waals surface area contributed by atoms with E-state index in [1.165, 1.54) is 32.0 Å². The number of hydrogen-bond acceptors (Lipinski definition) is 3. The molecule has 0 bridgehead atoms. The van der Waals surface area contributed by atoms with Crippen molar-refractivity contribution in [3.63, 3.8) is 0 Å². The van der Waals surface area contributed by atoms with Gasteiger partial charge in [0.25, 0.3) is 0 Å². The fraction of sp³-hybridized carbons (Fsp3) is 0.625. The number of nitrogens with zero attached hydrogens (tertiary/aromatic N) is 1. The van der Waals surface area contributed by atoms with Crippen LogP contribution in [0.5, 0.6) is 5.75 Å². The molecule has 3 nitrogen and oxygen atoms in total. The summed E-state index contributed by atoms with van der Waals surface area (Å²) in [4.78, 5) is 2.37. The Balaban J connectivity index is 1.91. The lowest BCUT2D eigenvalue weighted by atomic mass is 9.96. The Morgan fingerprint density at radius 2 is 2.10 bits per heavy atom. The Morgan fingerprint density at radius 1 is 1.40 bits per heavy atom. The van der Waals surface area contributed by atoms with Crippen molar-refractivity contribution in [2.45, 2.75) is 25.8 Å². The minimum absolute atomic E-state index is 0.0975. The summed E-state index contributed by atoms with van der Waals surface area (Å²) in [5.41, 5.74) is 0.889. The zero-order valence-electron chi connectivity index (χ0n) is 12.7. The number of hydrogen-bond donors (Lipinski definition) is 1. The van der Waals surface area contributed by atoms with Gasteiger partial charge in [-0.1, -0.05) is 0 Å². The molecular weight excluding hydrogens is 255 g/mol. The van der Waals surface area contributed by atoms with Gasteiger partial charge in [-0.2, -0.15) is 0 Å². The molecule has 1 N–H and O–H groups in total. The van der Waals surface area contributed by atoms with Crippen LogP contribution in [0, 0.1) is 11.7 Å². The number of halogens is 1. The van der Waals surface area contributed by atoms with E-state index in [0.717, 1.165) is 17.9 Å². The molecule has 4 heteroatoms. The summed E-state index contributed by atoms with van der Waals surface area (Å²) in [5.74, 6) is 1.25. The monoisotopic (exact) mass is 280 g/mol. The van der Waals surface area contributed by atoms with Gasteiger partial charge in [0, 0.05) is 11.6 Å². The summed E-state index contributed by atoms with van der Waals surface area (Å²) in [6, 6.07) is 4.79. The average Bonchev–Trinajstić information content (AvgIpc) is 2.46. The van der Waals surface area contributed by atoms with Gasteiger partial charge in [0.15, 0.2) is 0 Å². The van der Waals surface area contributed by atoms with Gasteiger partial charge in [0.2, 0.25) is 0 Å². The van der Waals surface area contributed by atoms with Crippen LogP contribution in [0.15, 0.2) is 18.2 Å². The van der Waals surface area contributed by atoms with Crippen LogP contribution in [0.1, 0.15) is 31.4 Å². The van der Waals surface area contributed by atoms with Crippen LogP contribution in [-0.2, 0) is 0 Å². The molecule has 1 fully saturated rings. The summed E-state index contributed by atoms with van der Waals surface area (Å²) in [7, 11) is 3.80. The highest BCUT2D eigenvalue weighted by Gasteiger charge is 2.18. The summed E-state index contributed by atoms with van der Waals surface area (Å²) in [6.45, 7) is 5.38. The Labute approximate surface area is 121 Å². The van der Waals surface area contributed by atoms with Crippen molar-refractivity contribution in [3.8, 4) is 5.75 Å². The quantitative estimate of drug-likeness (QED) is 0.897. The minimum Gasteiger partial charge on any atom is -0.496 e. The first-order valence-corrected chi connectivity index (χ1v) is 7.35. The smallest absolute Gasteiger partial charge is 0.123 e. The first kappa shape index (κ1) is 15.3. The Kier molecular flexibility index (Phi) is 5.38. The molecule has 0 radical (unpaired) electrons. The topological polar surface area (TPSA) is 24.5 Å². The SMILES string of the molecule is COc1ccc(F)cc1C(C)NCC1CCN(C)CC1. The van der Waals surface area contributed by atoms with Crippen LogP contribution >= 0.6 is 0 Å². The van der Waals surface area contributed by atoms with Crippen molar-refractivity contribution in [1.29, 1.82) is 0 Å². The van der Waals surface area contributed by atoms with E-state index in [1.54, 1.807) is 19.2 Å². The Morgan fingerprint density at radius 3 is 2.75 bits per heavy atom. The van der Waals surface area contributed by atoms with Crippen molar-refractivity contribution in [2.75, 3.05) is 33.8 Å². The van der Waals surface area contributed by atoms with Crippen LogP contribution in [0.25, 0.3) is 0 Å². The maximum atomic E-state index is 13.4. The van der Waals surface area contributed by atoms with Gasteiger partial charge >= 0.3 is 0 Å². The number of ether oxygens (including phenoxy) is 1. The molecule has 20 heavy (non-hydrogen) atoms. The summed E-state index contributed by atoms with van der Waals surface area (Å²) in [6.07, 6.45) is 2.47. The molecule has 0 aromatic heterocycles. The molecule has 1 unspecified atom stereocenters. The lowest BCUT2D eigenvalue weighted by Crippen LogP contribution is -2.35. The van der Waals surface area contributed by atoms with Crippen LogP contribution in [-0.4, -0.2) is 38.7 Å². The number of likely N-dealkylation sites (tertiary alicyclic amines) is 1. The van der Waals surface area contributed by atoms with Gasteiger partial charge in [-0.25, -0.2) is 4.39 Å². The second-order valence-corrected chi connectivity index (χ2v) is 5.76. The molecule has 0 aliphatic carbocycles. The van der Waals surface area contributed by atoms with Crippen molar-refractivity contribution < 1.29 is 9.13 Å². The van der Waals surface area contributed by atoms with E-state index in [2.05, 4.69) is 24.2 Å². The Bertz CT molecular complexity index is 430. The number of benzene rings is 1. The van der Waals surface area contributed by atoms with Crippen LogP contribution in [0.2, 0.25) is 0 Å². The van der Waals surface area contributed by atoms with Gasteiger partial charge in [-0.05, 0) is 70.6 Å². The molecule has 1 aromatic rings. The third-order valence-corrected chi connectivity index (χ3v) is 4.21. The van der Waals surface area contributed by atoms with E-state index in [0.29, 0.717) is 5.92 Å². The normalized spacial score (nSPS) is 19.0. The first-order valence-electron chi connectivity index (χ1n) is 7.35. The van der Waals surface area contributed by atoms with E-state index in [1.807, 2.05) is 0 Å². The highest BCUT2D eigenvalue weighted by Crippen LogP contribution is 2.26. The van der Waals surface area contributed by atoms with E-state index < -0.39 is 0 Å². The van der Waals surface area contributed by atoms with E-state index in [9.17, 15) is 4.39 Å². The fourth-order valence-electron chi connectivity index (χ4n) is 2.76. The molecule has 0 saturated carbocycles. The third kappa shape index (κ3) is 3.93. The molecule has 0 amide bonds. The summed E-state index contributed by atoms with van der Waals surface area (Å²) in [5, 5.41) is 3.52. The van der Waals surface area contributed by atoms with E-state index >= 15 is 0 Å². The lowest BCUT2D eigenvalue weighted by molar-refractivity contribution is 0.213. The fourth-order valence-corrected chi connectivity index (χ4v) is 2.76. The molecule has 1 aliphatic heterocycles. The molecule has 2 rings (SSSR count). The second-order valence-electron chi connectivity index (χ2n) is 5.76. The standard InChI is InChI=1S/C16H25FN2O/c1-12(15-10-14(17)4-5-16(15)20-3)18-11-13-6-8-19(2)9-7-13/h4-5,10,12-13,18H,6-9,11H2,1-3H3. The maximum Gasteiger partial charge on any atom is 0.123 e. The van der Waals surface area contributed by atoms with Crippen LogP contribution < -0.4 is 10.1 Å². The molecule has 0 spiro atoms. The molecule has 1 atom stereocenters. The first-order chi connectivity index (χ1) is 9.60. The lowest BCUT2D eigenvalue weighted by Gasteiger charge is -2.30. The molecule has 1 aromatic carbocycles. The highest BCUT2D eigenvalue weighted by atomic mass is 19.1. The second kappa shape index (κ2) is 7.04. The van der Waals surface area contributed by atoms with E-state index in [-0.39, 0.29) is 11.9 Å². The van der Waals surface area contributed by atoms with Gasteiger partial charge in [-0.3, -0.25) is 0 Å². The average molecular weight is 280 g/mol. The van der Waals surface area contributed by atoms with Gasteiger partial charge in [-0.15, -0.1) is 0 Å². The molecule has 1 saturated heterocycles. The van der Waals surface area contributed by atoms with Crippen molar-refractivity contribution in [2.24, 2.45) is 5.92 Å². The van der Waals surface area contributed by atoms with Crippen LogP contribution in [0.4, 0.5) is 4.39 Å². The molecule has 1 heterocycles. The molecular formula is C16H25FN2O. The third-order valence-electron chi connectivity index (χ3n) is 4.21. The van der Waals surface area contributed by atoms with Crippen molar-refractivity contribution in [1.82, 2.24) is 10.2 Å². The molecule has 1 aliphatic rings. The van der Waals surface area contributed by atoms with Crippen LogP contribution in [0.3, 0.4) is 0 Å². The highest BCUT2D eigenvalue weighted by molar-refractivity contribution is 5.36. The predicted molar refractivity (Wildman–Crippen MR) is 79.6 cm³/mol. The number of nitrogens with one attached hydrogen (secondary N) is 1. The summed E-state index contributed by atoms with van der Waals surface area (Å²) < 4.78 is 18.7. The predicted octanol–water partition coefficient (Wildman–Crippen LogP) is 2.83. The van der Waals surface area contributed by atoms with Crippen molar-refractivity contribution >= 4 is 0 Å². The zero-order chi connectivity index (χ0) is 14.5. The zero-order valence-corrected chi connectivity index (χ0v) is 12.7. The number of methoxy groups -OCH3 is 1. The maximum absolute atomic E-state index is 13.4. The van der Waals surface area contributed by atoms with Gasteiger partial charge < -0.3 is 15.0 Å². The van der Waals surface area contributed by atoms with Crippen molar-refractivity contribution in [3.05, 3.63) is 29.6 Å². The van der Waals surface area contributed by atoms with E-state index in [4.69, 9.17) is 4.74 Å².